The number of halogens is 6. The van der Waals surface area contributed by atoms with Crippen molar-refractivity contribution in [2.24, 2.45) is 0 Å². The zero-order valence-electron chi connectivity index (χ0n) is 27.0. The number of para-hydroxylation sites is 1. The van der Waals surface area contributed by atoms with Crippen LogP contribution < -0.4 is 20.4 Å². The van der Waals surface area contributed by atoms with Crippen LogP contribution in [0.3, 0.4) is 0 Å². The Morgan fingerprint density at radius 3 is 1.86 bits per heavy atom. The molecule has 3 aromatic carbocycles. The maximum absolute atomic E-state index is 13.0. The summed E-state index contributed by atoms with van der Waals surface area (Å²) in [6.07, 6.45) is -10.3. The monoisotopic (exact) mass is 726 g/mol. The third-order valence-corrected chi connectivity index (χ3v) is 6.56. The topological polar surface area (TPSA) is 178 Å². The van der Waals surface area contributed by atoms with Gasteiger partial charge in [0.25, 0.3) is 5.91 Å². The predicted molar refractivity (Wildman–Crippen MR) is 170 cm³/mol. The van der Waals surface area contributed by atoms with Gasteiger partial charge in [-0.05, 0) is 61.0 Å². The number of alkyl halides is 6. The fraction of sp³-hybridized carbons (Fsp3) is 0.242. The van der Waals surface area contributed by atoms with Crippen LogP contribution in [-0.4, -0.2) is 70.6 Å². The first-order valence-electron chi connectivity index (χ1n) is 14.4. The third kappa shape index (κ3) is 13.5. The van der Waals surface area contributed by atoms with Crippen molar-refractivity contribution in [3.8, 4) is 5.75 Å². The summed E-state index contributed by atoms with van der Waals surface area (Å²) in [5.41, 5.74) is 6.69. The Morgan fingerprint density at radius 1 is 0.843 bits per heavy atom. The van der Waals surface area contributed by atoms with E-state index in [-0.39, 0.29) is 12.3 Å². The molecule has 0 saturated carbocycles. The predicted octanol–water partition coefficient (Wildman–Crippen LogP) is 5.82. The number of benzene rings is 3. The number of hydroxylamine groups is 1. The number of fused-ring (bicyclic) bond motifs is 1. The number of amides is 2. The minimum atomic E-state index is -5.08. The molecule has 4 aromatic rings. The number of carboxylic acids is 2. The summed E-state index contributed by atoms with van der Waals surface area (Å²) in [5, 5.41) is 27.2. The molecule has 0 aliphatic rings. The molecule has 0 radical (unpaired) electrons. The molecule has 2 amide bonds. The molecule has 1 atom stereocenters. The normalized spacial score (nSPS) is 11.5. The smallest absolute Gasteiger partial charge is 0.489 e. The molecule has 4 rings (SSSR count). The zero-order chi connectivity index (χ0) is 38.5. The average molecular weight is 727 g/mol. The van der Waals surface area contributed by atoms with Crippen LogP contribution in [0, 0.1) is 6.92 Å². The molecular formula is C33H32F6N4O8. The minimum Gasteiger partial charge on any atom is -0.489 e. The summed E-state index contributed by atoms with van der Waals surface area (Å²) in [5.74, 6) is -5.81. The highest BCUT2D eigenvalue weighted by atomic mass is 19.4. The molecule has 274 valence electrons. The molecule has 0 aliphatic carbocycles. The Labute approximate surface area is 286 Å². The molecule has 5 N–H and O–H groups in total. The molecule has 0 fully saturated rings. The Morgan fingerprint density at radius 2 is 1.37 bits per heavy atom. The maximum Gasteiger partial charge on any atom is 0.490 e. The molecule has 0 spiro atoms. The van der Waals surface area contributed by atoms with Gasteiger partial charge in [-0.25, -0.2) is 15.1 Å². The molecule has 0 saturated heterocycles. The van der Waals surface area contributed by atoms with Crippen molar-refractivity contribution in [1.29, 1.82) is 0 Å². The van der Waals surface area contributed by atoms with E-state index in [1.807, 2.05) is 80.5 Å². The van der Waals surface area contributed by atoms with Crippen LogP contribution in [0.5, 0.6) is 5.75 Å². The number of rotatable bonds is 9. The number of nitrogens with one attached hydrogen (secondary N) is 2. The minimum absolute atomic E-state index is 0.107. The fourth-order valence-electron chi connectivity index (χ4n) is 4.11. The van der Waals surface area contributed by atoms with E-state index in [4.69, 9.17) is 29.7 Å². The summed E-state index contributed by atoms with van der Waals surface area (Å²) in [6, 6.07) is 23.7. The van der Waals surface area contributed by atoms with Crippen LogP contribution in [0.4, 0.5) is 32.0 Å². The van der Waals surface area contributed by atoms with Crippen molar-refractivity contribution in [3.63, 3.8) is 0 Å². The number of aliphatic carboxylic acids is 2. The standard InChI is InChI=1S/C29H30N4O4.2C2HF3O2/c1-19-16-22(25-6-4-5-7-26(25)30-19)18-37-24-14-10-21(11-15-24)29(35)31-27(17-28(34)32-36)20-8-12-23(13-9-20)33(2)3;2*3-2(4,5)1(6)7/h4-16,27,36H,17-18H2,1-3H3,(H,31,35)(H,32,34);2*(H,6,7). The van der Waals surface area contributed by atoms with Crippen molar-refractivity contribution in [1.82, 2.24) is 15.8 Å². The first-order chi connectivity index (χ1) is 23.7. The van der Waals surface area contributed by atoms with Crippen LogP contribution in [0.1, 0.15) is 39.6 Å². The van der Waals surface area contributed by atoms with Gasteiger partial charge in [0, 0.05) is 42.0 Å². The Hall–Kier alpha value is -5.91. The van der Waals surface area contributed by atoms with Gasteiger partial charge in [-0.1, -0.05) is 30.3 Å². The Bertz CT molecular complexity index is 1770. The number of aromatic nitrogens is 1. The number of ether oxygens (including phenoxy) is 1. The second-order valence-electron chi connectivity index (χ2n) is 10.6. The Balaban J connectivity index is 0.000000543. The van der Waals surface area contributed by atoms with Gasteiger partial charge in [0.15, 0.2) is 0 Å². The first-order valence-corrected chi connectivity index (χ1v) is 14.4. The van der Waals surface area contributed by atoms with E-state index in [0.717, 1.165) is 33.4 Å². The molecule has 1 heterocycles. The van der Waals surface area contributed by atoms with Crippen LogP contribution in [0.2, 0.25) is 0 Å². The third-order valence-electron chi connectivity index (χ3n) is 6.56. The second-order valence-corrected chi connectivity index (χ2v) is 10.6. The van der Waals surface area contributed by atoms with E-state index in [1.54, 1.807) is 29.7 Å². The molecular weight excluding hydrogens is 694 g/mol. The molecule has 0 bridgehead atoms. The van der Waals surface area contributed by atoms with Gasteiger partial charge in [-0.2, -0.15) is 26.3 Å². The highest BCUT2D eigenvalue weighted by Gasteiger charge is 2.38. The van der Waals surface area contributed by atoms with E-state index < -0.39 is 36.2 Å². The SMILES string of the molecule is Cc1cc(COc2ccc(C(=O)NC(CC(=O)NO)c3ccc(N(C)C)cc3)cc2)c2ccccc2n1.O=C(O)C(F)(F)F.O=C(O)C(F)(F)F. The van der Waals surface area contributed by atoms with E-state index >= 15 is 0 Å². The lowest BCUT2D eigenvalue weighted by Gasteiger charge is -2.20. The van der Waals surface area contributed by atoms with Gasteiger partial charge >= 0.3 is 24.3 Å². The van der Waals surface area contributed by atoms with Crippen LogP contribution in [-0.2, 0) is 21.0 Å². The van der Waals surface area contributed by atoms with Crippen molar-refractivity contribution >= 4 is 40.3 Å². The van der Waals surface area contributed by atoms with Crippen molar-refractivity contribution < 1.29 is 65.7 Å². The number of carbonyl (C=O) groups is 4. The number of carbonyl (C=O) groups excluding carboxylic acids is 2. The van der Waals surface area contributed by atoms with Gasteiger partial charge in [0.05, 0.1) is 18.0 Å². The Kier molecular flexibility index (Phi) is 14.7. The molecule has 0 aliphatic heterocycles. The first kappa shape index (κ1) is 41.3. The summed E-state index contributed by atoms with van der Waals surface area (Å²) in [7, 11) is 3.86. The van der Waals surface area contributed by atoms with E-state index in [0.29, 0.717) is 17.9 Å². The van der Waals surface area contributed by atoms with Gasteiger partial charge in [0.2, 0.25) is 5.91 Å². The number of anilines is 1. The maximum atomic E-state index is 13.0. The number of hydrogen-bond donors (Lipinski definition) is 5. The molecule has 1 unspecified atom stereocenters. The van der Waals surface area contributed by atoms with Crippen molar-refractivity contribution in [2.75, 3.05) is 19.0 Å². The lowest BCUT2D eigenvalue weighted by Crippen LogP contribution is -2.33. The average Bonchev–Trinajstić information content (AvgIpc) is 3.06. The summed E-state index contributed by atoms with van der Waals surface area (Å²) < 4.78 is 69.5. The number of nitrogens with zero attached hydrogens (tertiary/aromatic N) is 2. The van der Waals surface area contributed by atoms with E-state index in [2.05, 4.69) is 10.3 Å². The fourth-order valence-corrected chi connectivity index (χ4v) is 4.11. The zero-order valence-corrected chi connectivity index (χ0v) is 27.0. The molecule has 18 heteroatoms. The van der Waals surface area contributed by atoms with E-state index in [1.165, 1.54) is 0 Å². The quantitative estimate of drug-likeness (QED) is 0.0802. The van der Waals surface area contributed by atoms with Crippen molar-refractivity contribution in [3.05, 3.63) is 101 Å². The molecule has 51 heavy (non-hydrogen) atoms. The molecule has 1 aromatic heterocycles. The highest BCUT2D eigenvalue weighted by Crippen LogP contribution is 2.23. The van der Waals surface area contributed by atoms with Crippen LogP contribution >= 0.6 is 0 Å². The molecule has 12 nitrogen and oxygen atoms in total. The van der Waals surface area contributed by atoms with Crippen molar-refractivity contribution in [2.45, 2.75) is 38.3 Å². The summed E-state index contributed by atoms with van der Waals surface area (Å²) in [4.78, 5) is 49.2. The van der Waals surface area contributed by atoms with Gasteiger partial charge < -0.3 is 25.2 Å². The van der Waals surface area contributed by atoms with Gasteiger partial charge in [-0.15, -0.1) is 0 Å². The van der Waals surface area contributed by atoms with Gasteiger partial charge in [0.1, 0.15) is 12.4 Å². The lowest BCUT2D eigenvalue weighted by atomic mass is 10.0. The number of aryl methyl sites for hydroxylation is 1. The summed E-state index contributed by atoms with van der Waals surface area (Å²) >= 11 is 0. The largest absolute Gasteiger partial charge is 0.490 e. The number of carboxylic acid groups (broad SMARTS) is 2. The summed E-state index contributed by atoms with van der Waals surface area (Å²) in [6.45, 7) is 2.33. The lowest BCUT2D eigenvalue weighted by molar-refractivity contribution is -0.193. The number of hydrogen-bond acceptors (Lipinski definition) is 8. The highest BCUT2D eigenvalue weighted by molar-refractivity contribution is 5.95. The van der Waals surface area contributed by atoms with E-state index in [9.17, 15) is 35.9 Å². The van der Waals surface area contributed by atoms with Gasteiger partial charge in [-0.3, -0.25) is 19.8 Å². The number of pyridine rings is 1. The van der Waals surface area contributed by atoms with Crippen LogP contribution in [0.25, 0.3) is 10.9 Å². The second kappa shape index (κ2) is 18.2. The van der Waals surface area contributed by atoms with Crippen LogP contribution in [0.15, 0.2) is 78.9 Å².